The van der Waals surface area contributed by atoms with E-state index in [1.54, 1.807) is 11.6 Å². The molecule has 28 heavy (non-hydrogen) atoms. The van der Waals surface area contributed by atoms with E-state index in [0.717, 1.165) is 22.3 Å². The molecule has 4 aromatic rings. The fourth-order valence-corrected chi connectivity index (χ4v) is 3.39. The minimum absolute atomic E-state index is 0.230. The summed E-state index contributed by atoms with van der Waals surface area (Å²) in [5.74, 6) is 1.27. The summed E-state index contributed by atoms with van der Waals surface area (Å²) in [6.07, 6.45) is 1.75. The number of carbonyl (C=O) groups excluding carboxylic acids is 1. The summed E-state index contributed by atoms with van der Waals surface area (Å²) < 4.78 is 5.56. The molecule has 140 valence electrons. The van der Waals surface area contributed by atoms with E-state index in [1.165, 1.54) is 11.3 Å². The largest absolute Gasteiger partial charge is 0.492 e. The highest BCUT2D eigenvalue weighted by atomic mass is 32.1. The highest BCUT2D eigenvalue weighted by Gasteiger charge is 2.11. The number of anilines is 2. The Morgan fingerprint density at radius 1 is 1.04 bits per heavy atom. The van der Waals surface area contributed by atoms with Gasteiger partial charge in [0.05, 0.1) is 6.54 Å². The van der Waals surface area contributed by atoms with Crippen molar-refractivity contribution >= 4 is 39.0 Å². The Labute approximate surface area is 166 Å². The summed E-state index contributed by atoms with van der Waals surface area (Å²) in [5, 5.41) is 10.5. The van der Waals surface area contributed by atoms with Crippen LogP contribution in [0, 0.1) is 0 Å². The number of fused-ring (bicyclic) bond motifs is 1. The lowest BCUT2D eigenvalue weighted by Crippen LogP contribution is -2.28. The molecule has 2 heterocycles. The molecule has 0 spiro atoms. The van der Waals surface area contributed by atoms with Crippen molar-refractivity contribution in [3.05, 3.63) is 77.9 Å². The average Bonchev–Trinajstić information content (AvgIpc) is 3.21. The zero-order valence-corrected chi connectivity index (χ0v) is 15.8. The number of nitrogens with one attached hydrogen (secondary N) is 2. The SMILES string of the molecule is O=C(NCCOc1ccccc1)c1csc(Nc2nccc3ccccc23)n1. The number of carbonyl (C=O) groups is 1. The van der Waals surface area contributed by atoms with E-state index < -0.39 is 0 Å². The first kappa shape index (κ1) is 17.9. The Bertz CT molecular complexity index is 1080. The maximum atomic E-state index is 12.3. The van der Waals surface area contributed by atoms with Crippen LogP contribution in [-0.4, -0.2) is 29.0 Å². The molecule has 0 aliphatic heterocycles. The number of aromatic nitrogens is 2. The Morgan fingerprint density at radius 2 is 1.86 bits per heavy atom. The topological polar surface area (TPSA) is 76.1 Å². The van der Waals surface area contributed by atoms with Gasteiger partial charge < -0.3 is 15.4 Å². The van der Waals surface area contributed by atoms with Gasteiger partial charge in [0.1, 0.15) is 23.9 Å². The zero-order chi connectivity index (χ0) is 19.2. The van der Waals surface area contributed by atoms with E-state index in [1.807, 2.05) is 60.7 Å². The Kier molecular flexibility index (Phi) is 5.44. The van der Waals surface area contributed by atoms with Crippen molar-refractivity contribution < 1.29 is 9.53 Å². The minimum Gasteiger partial charge on any atom is -0.492 e. The molecule has 0 aliphatic rings. The summed E-state index contributed by atoms with van der Waals surface area (Å²) in [7, 11) is 0. The summed E-state index contributed by atoms with van der Waals surface area (Å²) in [6, 6.07) is 19.4. The normalized spacial score (nSPS) is 10.6. The van der Waals surface area contributed by atoms with Crippen LogP contribution in [-0.2, 0) is 0 Å². The van der Waals surface area contributed by atoms with Gasteiger partial charge in [0.2, 0.25) is 0 Å². The van der Waals surface area contributed by atoms with Crippen LogP contribution >= 0.6 is 11.3 Å². The van der Waals surface area contributed by atoms with Gasteiger partial charge in [0, 0.05) is 17.0 Å². The van der Waals surface area contributed by atoms with Crippen molar-refractivity contribution in [2.45, 2.75) is 0 Å². The van der Waals surface area contributed by atoms with Gasteiger partial charge in [-0.25, -0.2) is 9.97 Å². The van der Waals surface area contributed by atoms with Crippen molar-refractivity contribution in [3.63, 3.8) is 0 Å². The van der Waals surface area contributed by atoms with Crippen LogP contribution in [0.3, 0.4) is 0 Å². The molecule has 2 aromatic heterocycles. The van der Waals surface area contributed by atoms with Crippen LogP contribution in [0.15, 0.2) is 72.2 Å². The zero-order valence-electron chi connectivity index (χ0n) is 15.0. The van der Waals surface area contributed by atoms with Gasteiger partial charge in [-0.2, -0.15) is 0 Å². The molecule has 2 N–H and O–H groups in total. The number of hydrogen-bond acceptors (Lipinski definition) is 6. The number of ether oxygens (including phenoxy) is 1. The quantitative estimate of drug-likeness (QED) is 0.462. The van der Waals surface area contributed by atoms with Crippen LogP contribution in [0.25, 0.3) is 10.8 Å². The maximum Gasteiger partial charge on any atom is 0.270 e. The molecule has 0 saturated heterocycles. The molecule has 0 saturated carbocycles. The minimum atomic E-state index is -0.230. The van der Waals surface area contributed by atoms with Crippen molar-refractivity contribution in [1.29, 1.82) is 0 Å². The fourth-order valence-electron chi connectivity index (χ4n) is 2.70. The molecule has 6 nitrogen and oxygen atoms in total. The first-order chi connectivity index (χ1) is 13.8. The second kappa shape index (κ2) is 8.49. The van der Waals surface area contributed by atoms with Crippen molar-refractivity contribution in [2.24, 2.45) is 0 Å². The molecular weight excluding hydrogens is 372 g/mol. The van der Waals surface area contributed by atoms with Crippen LogP contribution in [0.2, 0.25) is 0 Å². The van der Waals surface area contributed by atoms with Crippen molar-refractivity contribution in [1.82, 2.24) is 15.3 Å². The molecule has 0 radical (unpaired) electrons. The number of rotatable bonds is 7. The Balaban J connectivity index is 1.34. The molecule has 0 bridgehead atoms. The fraction of sp³-hybridized carbons (Fsp3) is 0.0952. The van der Waals surface area contributed by atoms with E-state index >= 15 is 0 Å². The van der Waals surface area contributed by atoms with Gasteiger partial charge in [-0.3, -0.25) is 4.79 Å². The molecule has 7 heteroatoms. The third-order valence-corrected chi connectivity index (χ3v) is 4.79. The summed E-state index contributed by atoms with van der Waals surface area (Å²) in [5.41, 5.74) is 0.368. The number of nitrogens with zero attached hydrogens (tertiary/aromatic N) is 2. The maximum absolute atomic E-state index is 12.3. The lowest BCUT2D eigenvalue weighted by molar-refractivity contribution is 0.0943. The molecule has 4 rings (SSSR count). The lowest BCUT2D eigenvalue weighted by Gasteiger charge is -2.07. The highest BCUT2D eigenvalue weighted by Crippen LogP contribution is 2.25. The van der Waals surface area contributed by atoms with Crippen LogP contribution in [0.4, 0.5) is 10.9 Å². The molecule has 0 atom stereocenters. The van der Waals surface area contributed by atoms with Crippen LogP contribution in [0.5, 0.6) is 5.75 Å². The molecule has 0 aliphatic carbocycles. The average molecular weight is 390 g/mol. The van der Waals surface area contributed by atoms with Crippen LogP contribution in [0.1, 0.15) is 10.5 Å². The Morgan fingerprint density at radius 3 is 2.75 bits per heavy atom. The smallest absolute Gasteiger partial charge is 0.270 e. The van der Waals surface area contributed by atoms with Gasteiger partial charge in [-0.15, -0.1) is 11.3 Å². The number of benzene rings is 2. The van der Waals surface area contributed by atoms with E-state index in [0.29, 0.717) is 24.0 Å². The van der Waals surface area contributed by atoms with Gasteiger partial charge in [-0.05, 0) is 23.6 Å². The van der Waals surface area contributed by atoms with E-state index in [2.05, 4.69) is 20.6 Å². The van der Waals surface area contributed by atoms with Gasteiger partial charge in [0.15, 0.2) is 5.13 Å². The monoisotopic (exact) mass is 390 g/mol. The van der Waals surface area contributed by atoms with Gasteiger partial charge in [-0.1, -0.05) is 42.5 Å². The molecule has 0 fully saturated rings. The van der Waals surface area contributed by atoms with E-state index in [-0.39, 0.29) is 5.91 Å². The number of pyridine rings is 1. The first-order valence-electron chi connectivity index (χ1n) is 8.82. The third kappa shape index (κ3) is 4.27. The van der Waals surface area contributed by atoms with Gasteiger partial charge >= 0.3 is 0 Å². The predicted octanol–water partition coefficient (Wildman–Crippen LogP) is 4.24. The summed E-state index contributed by atoms with van der Waals surface area (Å²) in [4.78, 5) is 21.0. The van der Waals surface area contributed by atoms with Gasteiger partial charge in [0.25, 0.3) is 5.91 Å². The first-order valence-corrected chi connectivity index (χ1v) is 9.70. The molecule has 2 aromatic carbocycles. The summed E-state index contributed by atoms with van der Waals surface area (Å²) >= 11 is 1.36. The Hall–Kier alpha value is -3.45. The van der Waals surface area contributed by atoms with Crippen molar-refractivity contribution in [3.8, 4) is 5.75 Å². The lowest BCUT2D eigenvalue weighted by atomic mass is 10.2. The number of thiazole rings is 1. The summed E-state index contributed by atoms with van der Waals surface area (Å²) in [6.45, 7) is 0.795. The van der Waals surface area contributed by atoms with E-state index in [9.17, 15) is 4.79 Å². The second-order valence-corrected chi connectivity index (χ2v) is 6.82. The number of hydrogen-bond donors (Lipinski definition) is 2. The standard InChI is InChI=1S/C21H18N4O2S/c26-20(23-12-13-27-16-7-2-1-3-8-16)18-14-28-21(24-18)25-19-17-9-5-4-6-15(17)10-11-22-19/h1-11,14H,12-13H2,(H,23,26)(H,22,24,25). The highest BCUT2D eigenvalue weighted by molar-refractivity contribution is 7.14. The van der Waals surface area contributed by atoms with E-state index in [4.69, 9.17) is 4.74 Å². The molecule has 0 unspecified atom stereocenters. The second-order valence-electron chi connectivity index (χ2n) is 5.96. The molecular formula is C21H18N4O2S. The number of amides is 1. The molecule has 1 amide bonds. The third-order valence-electron chi connectivity index (χ3n) is 4.04. The van der Waals surface area contributed by atoms with Crippen molar-refractivity contribution in [2.75, 3.05) is 18.5 Å². The number of para-hydroxylation sites is 1. The predicted molar refractivity (Wildman–Crippen MR) is 111 cm³/mol. The van der Waals surface area contributed by atoms with Crippen LogP contribution < -0.4 is 15.4 Å².